The summed E-state index contributed by atoms with van der Waals surface area (Å²) in [7, 11) is 0.219. The van der Waals surface area contributed by atoms with Crippen LogP contribution in [0, 0.1) is 0 Å². The average molecular weight is 275 g/mol. The van der Waals surface area contributed by atoms with Crippen molar-refractivity contribution in [2.75, 3.05) is 0 Å². The predicted molar refractivity (Wildman–Crippen MR) is 85.3 cm³/mol. The SMILES string of the molecule is CCCCCCC[SiH](CCCCCCC)O[SiH3]. The van der Waals surface area contributed by atoms with Crippen LogP contribution in [0.25, 0.3) is 0 Å². The van der Waals surface area contributed by atoms with Gasteiger partial charge in [-0.15, -0.1) is 0 Å². The zero-order chi connectivity index (χ0) is 12.8. The van der Waals surface area contributed by atoms with Crippen LogP contribution in [0.4, 0.5) is 0 Å². The third-order valence-electron chi connectivity index (χ3n) is 3.59. The third kappa shape index (κ3) is 12.6. The molecule has 0 saturated heterocycles. The summed E-state index contributed by atoms with van der Waals surface area (Å²) in [4.78, 5) is 0. The van der Waals surface area contributed by atoms with Crippen molar-refractivity contribution in [1.29, 1.82) is 0 Å². The molecule has 0 fully saturated rings. The van der Waals surface area contributed by atoms with Crippen molar-refractivity contribution in [3.63, 3.8) is 0 Å². The Labute approximate surface area is 114 Å². The van der Waals surface area contributed by atoms with Crippen molar-refractivity contribution < 1.29 is 4.12 Å². The molecule has 0 amide bonds. The normalized spacial score (nSPS) is 11.5. The van der Waals surface area contributed by atoms with Crippen LogP contribution >= 0.6 is 0 Å². The minimum absolute atomic E-state index is 0.754. The molecule has 0 bridgehead atoms. The van der Waals surface area contributed by atoms with Crippen molar-refractivity contribution in [3.05, 3.63) is 0 Å². The summed E-state index contributed by atoms with van der Waals surface area (Å²) >= 11 is 0. The first kappa shape index (κ1) is 17.4. The quantitative estimate of drug-likeness (QED) is 0.365. The summed E-state index contributed by atoms with van der Waals surface area (Å²) < 4.78 is 5.84. The van der Waals surface area contributed by atoms with Crippen LogP contribution in [0.15, 0.2) is 0 Å². The van der Waals surface area contributed by atoms with E-state index < -0.39 is 9.04 Å². The van der Waals surface area contributed by atoms with Crippen molar-refractivity contribution in [1.82, 2.24) is 0 Å². The predicted octanol–water partition coefficient (Wildman–Crippen LogP) is 3.95. The molecular weight excluding hydrogens is 240 g/mol. The molecule has 0 aromatic heterocycles. The van der Waals surface area contributed by atoms with Gasteiger partial charge in [0, 0.05) is 0 Å². The maximum atomic E-state index is 5.84. The standard InChI is InChI=1S/C14H34OSi2/c1-3-5-7-9-11-13-17(15-16)14-12-10-8-6-4-2/h17H,3-14H2,1-2,16H3. The van der Waals surface area contributed by atoms with Crippen LogP contribution in [0.5, 0.6) is 0 Å². The Morgan fingerprint density at radius 2 is 1.12 bits per heavy atom. The van der Waals surface area contributed by atoms with Crippen LogP contribution in [-0.4, -0.2) is 19.5 Å². The van der Waals surface area contributed by atoms with Gasteiger partial charge in [-0.25, -0.2) is 0 Å². The van der Waals surface area contributed by atoms with E-state index in [1.807, 2.05) is 0 Å². The molecule has 0 N–H and O–H groups in total. The van der Waals surface area contributed by atoms with Crippen LogP contribution in [-0.2, 0) is 4.12 Å². The van der Waals surface area contributed by atoms with E-state index in [1.54, 1.807) is 0 Å². The largest absolute Gasteiger partial charge is 0.465 e. The van der Waals surface area contributed by atoms with E-state index in [0.29, 0.717) is 0 Å². The first-order valence-corrected chi connectivity index (χ1v) is 10.8. The molecule has 0 aliphatic rings. The number of unbranched alkanes of at least 4 members (excludes halogenated alkanes) is 8. The maximum absolute atomic E-state index is 5.84. The summed E-state index contributed by atoms with van der Waals surface area (Å²) in [5.41, 5.74) is 0. The molecule has 0 unspecified atom stereocenters. The third-order valence-corrected chi connectivity index (χ3v) is 8.36. The molecular formula is C14H34OSi2. The fraction of sp³-hybridized carbons (Fsp3) is 1.00. The highest BCUT2D eigenvalue weighted by Gasteiger charge is 2.08. The first-order chi connectivity index (χ1) is 8.35. The number of rotatable bonds is 13. The number of hydrogen-bond donors (Lipinski definition) is 0. The summed E-state index contributed by atoms with van der Waals surface area (Å²) in [6.07, 6.45) is 14.2. The van der Waals surface area contributed by atoms with Crippen LogP contribution in [0.2, 0.25) is 12.1 Å². The van der Waals surface area contributed by atoms with E-state index in [2.05, 4.69) is 13.8 Å². The second-order valence-electron chi connectivity index (χ2n) is 5.26. The molecule has 17 heavy (non-hydrogen) atoms. The molecule has 1 nitrogen and oxygen atoms in total. The van der Waals surface area contributed by atoms with E-state index >= 15 is 0 Å². The van der Waals surface area contributed by atoms with Crippen molar-refractivity contribution in [2.45, 2.75) is 90.1 Å². The highest BCUT2D eigenvalue weighted by Crippen LogP contribution is 2.14. The maximum Gasteiger partial charge on any atom is 0.162 e. The summed E-state index contributed by atoms with van der Waals surface area (Å²) in [5.74, 6) is 0. The molecule has 0 radical (unpaired) electrons. The first-order valence-electron chi connectivity index (χ1n) is 7.87. The van der Waals surface area contributed by atoms with Gasteiger partial charge in [0.15, 0.2) is 9.04 Å². The lowest BCUT2D eigenvalue weighted by Gasteiger charge is -2.13. The van der Waals surface area contributed by atoms with Gasteiger partial charge in [-0.2, -0.15) is 0 Å². The van der Waals surface area contributed by atoms with Gasteiger partial charge in [0.1, 0.15) is 10.5 Å². The van der Waals surface area contributed by atoms with Gasteiger partial charge < -0.3 is 4.12 Å². The van der Waals surface area contributed by atoms with Crippen LogP contribution in [0.3, 0.4) is 0 Å². The molecule has 0 heterocycles. The van der Waals surface area contributed by atoms with Gasteiger partial charge in [0.05, 0.1) is 0 Å². The highest BCUT2D eigenvalue weighted by molar-refractivity contribution is 6.55. The Morgan fingerprint density at radius 1 is 0.706 bits per heavy atom. The lowest BCUT2D eigenvalue weighted by Crippen LogP contribution is -2.15. The van der Waals surface area contributed by atoms with Gasteiger partial charge >= 0.3 is 0 Å². The zero-order valence-electron chi connectivity index (χ0n) is 12.5. The highest BCUT2D eigenvalue weighted by atomic mass is 28.3. The van der Waals surface area contributed by atoms with Gasteiger partial charge in [0.2, 0.25) is 0 Å². The van der Waals surface area contributed by atoms with Gasteiger partial charge in [-0.3, -0.25) is 0 Å². The van der Waals surface area contributed by atoms with E-state index in [1.165, 1.54) is 76.3 Å². The fourth-order valence-electron chi connectivity index (χ4n) is 2.33. The Bertz CT molecular complexity index is 128. The number of hydrogen-bond acceptors (Lipinski definition) is 1. The fourth-order valence-corrected chi connectivity index (χ4v) is 5.99. The average Bonchev–Trinajstić information content (AvgIpc) is 2.36. The zero-order valence-corrected chi connectivity index (χ0v) is 15.6. The van der Waals surface area contributed by atoms with Gasteiger partial charge in [-0.1, -0.05) is 78.1 Å². The lowest BCUT2D eigenvalue weighted by atomic mass is 10.2. The minimum Gasteiger partial charge on any atom is -0.465 e. The Morgan fingerprint density at radius 3 is 1.47 bits per heavy atom. The summed E-state index contributed by atoms with van der Waals surface area (Å²) in [6, 6.07) is 2.89. The van der Waals surface area contributed by atoms with Crippen LogP contribution < -0.4 is 0 Å². The Hall–Kier alpha value is 0.394. The molecule has 0 spiro atoms. The van der Waals surface area contributed by atoms with Crippen LogP contribution in [0.1, 0.15) is 78.1 Å². The van der Waals surface area contributed by atoms with E-state index in [-0.39, 0.29) is 0 Å². The van der Waals surface area contributed by atoms with Crippen molar-refractivity contribution in [3.8, 4) is 0 Å². The smallest absolute Gasteiger partial charge is 0.162 e. The minimum atomic E-state index is -0.754. The molecule has 0 aliphatic carbocycles. The molecule has 0 aromatic rings. The second-order valence-corrected chi connectivity index (χ2v) is 9.55. The van der Waals surface area contributed by atoms with E-state index in [4.69, 9.17) is 4.12 Å². The molecule has 0 aromatic carbocycles. The Kier molecular flexibility index (Phi) is 14.8. The van der Waals surface area contributed by atoms with Crippen molar-refractivity contribution >= 4 is 19.5 Å². The Balaban J connectivity index is 3.30. The van der Waals surface area contributed by atoms with Gasteiger partial charge in [0.25, 0.3) is 0 Å². The van der Waals surface area contributed by atoms with E-state index in [0.717, 1.165) is 10.5 Å². The topological polar surface area (TPSA) is 9.23 Å². The summed E-state index contributed by atoms with van der Waals surface area (Å²) in [5, 5.41) is 0. The molecule has 0 rings (SSSR count). The molecule has 3 heteroatoms. The summed E-state index contributed by atoms with van der Waals surface area (Å²) in [6.45, 7) is 4.57. The molecule has 0 atom stereocenters. The lowest BCUT2D eigenvalue weighted by molar-refractivity contribution is 0.583. The molecule has 0 aliphatic heterocycles. The molecule has 0 saturated carbocycles. The second kappa shape index (κ2) is 14.5. The molecule has 104 valence electrons. The van der Waals surface area contributed by atoms with E-state index in [9.17, 15) is 0 Å². The monoisotopic (exact) mass is 274 g/mol. The van der Waals surface area contributed by atoms with Gasteiger partial charge in [-0.05, 0) is 12.1 Å². The van der Waals surface area contributed by atoms with Crippen molar-refractivity contribution in [2.24, 2.45) is 0 Å².